The number of phosphoric acid groups is 1. The molecule has 0 aromatic carbocycles. The lowest BCUT2D eigenvalue weighted by atomic mass is 10.5. The van der Waals surface area contributed by atoms with Gasteiger partial charge in [0, 0.05) is 0 Å². The standard InChI is InChI=1S/3C3H6Cl2O.H3O4P/c3*1-3(4,5)2-6;1-5(2,3)4/h3*6H,2H2,1H3;(H3,1,2,3,4). The summed E-state index contributed by atoms with van der Waals surface area (Å²) < 4.78 is 6.01. The Morgan fingerprint density at radius 2 is 0.696 bits per heavy atom. The monoisotopic (exact) mass is 482 g/mol. The van der Waals surface area contributed by atoms with Gasteiger partial charge < -0.3 is 30.0 Å². The summed E-state index contributed by atoms with van der Waals surface area (Å²) in [6.45, 7) is 3.98. The Morgan fingerprint density at radius 1 is 0.652 bits per heavy atom. The lowest BCUT2D eigenvalue weighted by molar-refractivity contribution is 0.275. The van der Waals surface area contributed by atoms with E-state index in [1.165, 1.54) is 20.8 Å². The molecule has 0 amide bonds. The second-order valence-corrected chi connectivity index (χ2v) is 10.8. The second-order valence-electron chi connectivity index (χ2n) is 4.20. The van der Waals surface area contributed by atoms with Gasteiger partial charge in [0.1, 0.15) is 13.0 Å². The Labute approximate surface area is 165 Å². The lowest BCUT2D eigenvalue weighted by Crippen LogP contribution is -2.10. The molecule has 0 atom stereocenters. The van der Waals surface area contributed by atoms with Gasteiger partial charge in [-0.15, -0.1) is 0 Å². The van der Waals surface area contributed by atoms with Crippen molar-refractivity contribution in [2.24, 2.45) is 0 Å². The normalized spacial score (nSPS) is 12.0. The molecule has 0 spiro atoms. The van der Waals surface area contributed by atoms with Crippen LogP contribution in [0.3, 0.4) is 0 Å². The summed E-state index contributed by atoms with van der Waals surface area (Å²) >= 11 is 31.4. The summed E-state index contributed by atoms with van der Waals surface area (Å²) in [7, 11) is -4.64. The van der Waals surface area contributed by atoms with Crippen molar-refractivity contribution in [1.29, 1.82) is 0 Å². The van der Waals surface area contributed by atoms with Crippen molar-refractivity contribution in [2.75, 3.05) is 19.8 Å². The quantitative estimate of drug-likeness (QED) is 0.267. The minimum atomic E-state index is -4.64. The van der Waals surface area contributed by atoms with Crippen molar-refractivity contribution in [3.05, 3.63) is 0 Å². The highest BCUT2D eigenvalue weighted by Gasteiger charge is 2.13. The summed E-state index contributed by atoms with van der Waals surface area (Å²) in [5.41, 5.74) is 0. The van der Waals surface area contributed by atoms with Crippen LogP contribution >= 0.6 is 77.4 Å². The molecule has 146 valence electrons. The van der Waals surface area contributed by atoms with Crippen LogP contribution in [0, 0.1) is 0 Å². The van der Waals surface area contributed by atoms with Crippen LogP contribution in [0.1, 0.15) is 20.8 Å². The Hall–Kier alpha value is 1.73. The molecular weight excluding hydrogens is 464 g/mol. The van der Waals surface area contributed by atoms with Crippen LogP contribution in [0.25, 0.3) is 0 Å². The maximum absolute atomic E-state index is 8.88. The van der Waals surface area contributed by atoms with E-state index in [0.29, 0.717) is 0 Å². The van der Waals surface area contributed by atoms with E-state index in [2.05, 4.69) is 0 Å². The zero-order valence-corrected chi connectivity index (χ0v) is 17.9. The molecule has 0 fully saturated rings. The molecule has 0 rings (SSSR count). The van der Waals surface area contributed by atoms with E-state index in [1.807, 2.05) is 0 Å². The largest absolute Gasteiger partial charge is 0.466 e. The summed E-state index contributed by atoms with van der Waals surface area (Å²) in [6, 6.07) is 0. The molecule has 0 aliphatic heterocycles. The number of hydrogen-bond donors (Lipinski definition) is 6. The minimum Gasteiger partial charge on any atom is -0.393 e. The molecule has 0 radical (unpaired) electrons. The highest BCUT2D eigenvalue weighted by atomic mass is 35.5. The van der Waals surface area contributed by atoms with E-state index >= 15 is 0 Å². The van der Waals surface area contributed by atoms with Gasteiger partial charge in [-0.25, -0.2) is 4.57 Å². The molecule has 0 aromatic heterocycles. The molecule has 0 saturated heterocycles. The van der Waals surface area contributed by atoms with Crippen molar-refractivity contribution in [1.82, 2.24) is 0 Å². The minimum absolute atomic E-state index is 0.198. The van der Waals surface area contributed by atoms with Gasteiger partial charge >= 0.3 is 7.82 Å². The first-order valence-corrected chi connectivity index (χ1v) is 9.26. The van der Waals surface area contributed by atoms with Crippen LogP contribution < -0.4 is 0 Å². The van der Waals surface area contributed by atoms with Crippen molar-refractivity contribution >= 4 is 77.4 Å². The van der Waals surface area contributed by atoms with Crippen LogP contribution in [0.5, 0.6) is 0 Å². The van der Waals surface area contributed by atoms with E-state index in [4.69, 9.17) is 104 Å². The Morgan fingerprint density at radius 3 is 0.696 bits per heavy atom. The molecule has 0 bridgehead atoms. The van der Waals surface area contributed by atoms with Gasteiger partial charge in [-0.1, -0.05) is 69.6 Å². The average Bonchev–Trinajstić information content (AvgIpc) is 2.25. The van der Waals surface area contributed by atoms with E-state index in [1.54, 1.807) is 0 Å². The van der Waals surface area contributed by atoms with Gasteiger partial charge in [0.15, 0.2) is 0 Å². The van der Waals surface area contributed by atoms with E-state index in [0.717, 1.165) is 0 Å². The van der Waals surface area contributed by atoms with Gasteiger partial charge in [0.25, 0.3) is 0 Å². The maximum Gasteiger partial charge on any atom is 0.466 e. The van der Waals surface area contributed by atoms with Crippen LogP contribution in [-0.2, 0) is 4.57 Å². The van der Waals surface area contributed by atoms with Gasteiger partial charge in [0.2, 0.25) is 0 Å². The van der Waals surface area contributed by atoms with Crippen LogP contribution in [0.15, 0.2) is 0 Å². The Kier molecular flexibility index (Phi) is 20.9. The number of hydrogen-bond acceptors (Lipinski definition) is 4. The fourth-order valence-electron chi connectivity index (χ4n) is 0. The van der Waals surface area contributed by atoms with Gasteiger partial charge in [-0.2, -0.15) is 0 Å². The molecule has 6 N–H and O–H groups in total. The number of aliphatic hydroxyl groups is 3. The van der Waals surface area contributed by atoms with Gasteiger partial charge in [-0.3, -0.25) is 0 Å². The van der Waals surface area contributed by atoms with E-state index in [9.17, 15) is 0 Å². The number of halogens is 6. The second kappa shape index (κ2) is 14.9. The topological polar surface area (TPSA) is 138 Å². The van der Waals surface area contributed by atoms with E-state index in [-0.39, 0.29) is 19.8 Å². The van der Waals surface area contributed by atoms with Crippen molar-refractivity contribution in [3.8, 4) is 0 Å². The first-order chi connectivity index (χ1) is 9.68. The third-order valence-corrected chi connectivity index (χ3v) is 1.55. The SMILES string of the molecule is CC(Cl)(Cl)CO.CC(Cl)(Cl)CO.CC(Cl)(Cl)CO.O=P(O)(O)O. The molecule has 0 aliphatic carbocycles. The number of rotatable bonds is 3. The summed E-state index contributed by atoms with van der Waals surface area (Å²) in [6.07, 6.45) is 0. The third-order valence-electron chi connectivity index (χ3n) is 0.833. The number of alkyl halides is 6. The first-order valence-electron chi connectivity index (χ1n) is 5.43. The molecule has 0 aromatic rings. The van der Waals surface area contributed by atoms with Crippen molar-refractivity contribution in [2.45, 2.75) is 33.8 Å². The predicted octanol–water partition coefficient (Wildman–Crippen LogP) is 2.59. The fourth-order valence-corrected chi connectivity index (χ4v) is 0. The average molecular weight is 485 g/mol. The maximum atomic E-state index is 8.88. The summed E-state index contributed by atoms with van der Waals surface area (Å²) in [5, 5.41) is 24.4. The van der Waals surface area contributed by atoms with Gasteiger partial charge in [-0.05, 0) is 20.8 Å². The van der Waals surface area contributed by atoms with Crippen LogP contribution in [-0.4, -0.2) is 62.8 Å². The zero-order chi connectivity index (χ0) is 20.1. The highest BCUT2D eigenvalue weighted by Crippen LogP contribution is 2.25. The molecular formula is C9H21Cl6O7P. The molecule has 0 aliphatic rings. The van der Waals surface area contributed by atoms with Crippen molar-refractivity contribution in [3.63, 3.8) is 0 Å². The molecule has 7 nitrogen and oxygen atoms in total. The summed E-state index contributed by atoms with van der Waals surface area (Å²) in [4.78, 5) is 21.6. The van der Waals surface area contributed by atoms with Gasteiger partial charge in [0.05, 0.1) is 19.8 Å². The molecule has 23 heavy (non-hydrogen) atoms. The molecule has 0 saturated carbocycles. The lowest BCUT2D eigenvalue weighted by Gasteiger charge is -2.04. The molecule has 0 unspecified atom stereocenters. The molecule has 14 heteroatoms. The van der Waals surface area contributed by atoms with Crippen molar-refractivity contribution < 1.29 is 34.6 Å². The smallest absolute Gasteiger partial charge is 0.393 e. The fraction of sp³-hybridized carbons (Fsp3) is 1.00. The molecule has 0 heterocycles. The van der Waals surface area contributed by atoms with Crippen LogP contribution in [0.2, 0.25) is 0 Å². The van der Waals surface area contributed by atoms with Crippen LogP contribution in [0.4, 0.5) is 0 Å². The Balaban J connectivity index is -0.000000105. The highest BCUT2D eigenvalue weighted by molar-refractivity contribution is 7.45. The third kappa shape index (κ3) is 97.3. The predicted molar refractivity (Wildman–Crippen MR) is 95.9 cm³/mol. The number of aliphatic hydroxyl groups excluding tert-OH is 3. The summed E-state index contributed by atoms with van der Waals surface area (Å²) in [5.74, 6) is 0. The van der Waals surface area contributed by atoms with E-state index < -0.39 is 20.8 Å². The first kappa shape index (κ1) is 32.4. The zero-order valence-electron chi connectivity index (χ0n) is 12.4. The Bertz CT molecular complexity index is 265.